The molecular weight excluding hydrogens is 278 g/mol. The highest BCUT2D eigenvalue weighted by Gasteiger charge is 2.22. The van der Waals surface area contributed by atoms with E-state index in [0.29, 0.717) is 24.7 Å². The van der Waals surface area contributed by atoms with E-state index in [9.17, 15) is 9.59 Å². The fourth-order valence-electron chi connectivity index (χ4n) is 1.98. The predicted octanol–water partition coefficient (Wildman–Crippen LogP) is 0.487. The number of aliphatic hydroxyl groups is 1. The Kier molecular flexibility index (Phi) is 4.49. The van der Waals surface area contributed by atoms with Crippen LogP contribution in [0.3, 0.4) is 0 Å². The van der Waals surface area contributed by atoms with Gasteiger partial charge in [0.2, 0.25) is 0 Å². The highest BCUT2D eigenvalue weighted by Crippen LogP contribution is 2.21. The lowest BCUT2D eigenvalue weighted by atomic mass is 9.90. The van der Waals surface area contributed by atoms with Gasteiger partial charge in [-0.3, -0.25) is 14.2 Å². The van der Waals surface area contributed by atoms with Crippen molar-refractivity contribution in [3.63, 3.8) is 0 Å². The molecule has 7 heteroatoms. The van der Waals surface area contributed by atoms with Gasteiger partial charge in [0.05, 0.1) is 0 Å². The third kappa shape index (κ3) is 3.21. The molecule has 0 saturated heterocycles. The van der Waals surface area contributed by atoms with Crippen LogP contribution in [0.15, 0.2) is 16.1 Å². The average Bonchev–Trinajstić information content (AvgIpc) is 2.86. The number of aliphatic hydroxyl groups excluding tert-OH is 1. The molecular formula is C13H19N3O3S. The summed E-state index contributed by atoms with van der Waals surface area (Å²) in [5.74, 6) is 0.414. The van der Waals surface area contributed by atoms with Crippen LogP contribution in [-0.2, 0) is 6.54 Å². The van der Waals surface area contributed by atoms with Gasteiger partial charge in [0, 0.05) is 31.6 Å². The Morgan fingerprint density at radius 1 is 1.60 bits per heavy atom. The zero-order valence-corrected chi connectivity index (χ0v) is 12.5. The van der Waals surface area contributed by atoms with Crippen LogP contribution in [0.5, 0.6) is 0 Å². The SMILES string of the molecule is CC(C)(CCO)CNC(=O)c1cnc2n(c1=O)CCS2. The highest BCUT2D eigenvalue weighted by molar-refractivity contribution is 7.99. The Morgan fingerprint density at radius 2 is 2.35 bits per heavy atom. The summed E-state index contributed by atoms with van der Waals surface area (Å²) in [4.78, 5) is 28.4. The summed E-state index contributed by atoms with van der Waals surface area (Å²) in [5.41, 5.74) is -0.408. The lowest BCUT2D eigenvalue weighted by molar-refractivity contribution is 0.0925. The molecule has 2 N–H and O–H groups in total. The number of carbonyl (C=O) groups is 1. The monoisotopic (exact) mass is 297 g/mol. The highest BCUT2D eigenvalue weighted by atomic mass is 32.2. The molecule has 0 radical (unpaired) electrons. The van der Waals surface area contributed by atoms with E-state index in [1.807, 2.05) is 13.8 Å². The number of fused-ring (bicyclic) bond motifs is 1. The largest absolute Gasteiger partial charge is 0.396 e. The van der Waals surface area contributed by atoms with Crippen LogP contribution in [0.25, 0.3) is 0 Å². The number of aromatic nitrogens is 2. The van der Waals surface area contributed by atoms with Crippen molar-refractivity contribution < 1.29 is 9.90 Å². The summed E-state index contributed by atoms with van der Waals surface area (Å²) in [6, 6.07) is 0. The van der Waals surface area contributed by atoms with Crippen molar-refractivity contribution >= 4 is 17.7 Å². The Bertz CT molecular complexity index is 568. The number of carbonyl (C=O) groups excluding carboxylic acids is 1. The van der Waals surface area contributed by atoms with E-state index >= 15 is 0 Å². The van der Waals surface area contributed by atoms with Gasteiger partial charge in [-0.15, -0.1) is 0 Å². The standard InChI is InChI=1S/C13H19N3O3S/c1-13(2,3-5-17)8-15-10(18)9-7-14-12-16(11(9)19)4-6-20-12/h7,17H,3-6,8H2,1-2H3,(H,15,18). The van der Waals surface area contributed by atoms with Crippen molar-refractivity contribution in [2.24, 2.45) is 5.41 Å². The fraction of sp³-hybridized carbons (Fsp3) is 0.615. The van der Waals surface area contributed by atoms with Crippen molar-refractivity contribution in [3.05, 3.63) is 22.1 Å². The molecule has 0 aliphatic carbocycles. The molecule has 0 bridgehead atoms. The quantitative estimate of drug-likeness (QED) is 0.773. The van der Waals surface area contributed by atoms with E-state index in [0.717, 1.165) is 5.75 Å². The van der Waals surface area contributed by atoms with Gasteiger partial charge in [-0.05, 0) is 11.8 Å². The van der Waals surface area contributed by atoms with Crippen molar-refractivity contribution in [1.29, 1.82) is 0 Å². The predicted molar refractivity (Wildman–Crippen MR) is 77.0 cm³/mol. The zero-order valence-electron chi connectivity index (χ0n) is 11.7. The van der Waals surface area contributed by atoms with Crippen LogP contribution in [0.4, 0.5) is 0 Å². The maximum atomic E-state index is 12.2. The number of rotatable bonds is 5. The lowest BCUT2D eigenvalue weighted by Gasteiger charge is -2.23. The number of thioether (sulfide) groups is 1. The molecule has 110 valence electrons. The molecule has 0 fully saturated rings. The molecule has 1 aromatic heterocycles. The number of nitrogens with one attached hydrogen (secondary N) is 1. The van der Waals surface area contributed by atoms with E-state index in [4.69, 9.17) is 5.11 Å². The fourth-order valence-corrected chi connectivity index (χ4v) is 2.89. The first kappa shape index (κ1) is 15.1. The van der Waals surface area contributed by atoms with E-state index in [1.165, 1.54) is 18.0 Å². The number of amides is 1. The van der Waals surface area contributed by atoms with Gasteiger partial charge in [0.25, 0.3) is 11.5 Å². The molecule has 1 aliphatic rings. The van der Waals surface area contributed by atoms with Gasteiger partial charge >= 0.3 is 0 Å². The molecule has 20 heavy (non-hydrogen) atoms. The summed E-state index contributed by atoms with van der Waals surface area (Å²) >= 11 is 1.52. The maximum absolute atomic E-state index is 12.2. The molecule has 1 amide bonds. The van der Waals surface area contributed by atoms with Crippen molar-refractivity contribution in [1.82, 2.24) is 14.9 Å². The summed E-state index contributed by atoms with van der Waals surface area (Å²) in [6.45, 7) is 4.98. The Morgan fingerprint density at radius 3 is 3.05 bits per heavy atom. The van der Waals surface area contributed by atoms with Gasteiger partial charge < -0.3 is 10.4 Å². The number of hydrogen-bond acceptors (Lipinski definition) is 5. The molecule has 1 aromatic rings. The second-order valence-electron chi connectivity index (χ2n) is 5.58. The molecule has 0 unspecified atom stereocenters. The zero-order chi connectivity index (χ0) is 14.8. The maximum Gasteiger partial charge on any atom is 0.267 e. The van der Waals surface area contributed by atoms with Crippen LogP contribution in [-0.4, -0.2) is 39.5 Å². The molecule has 6 nitrogen and oxygen atoms in total. The topological polar surface area (TPSA) is 84.2 Å². The second-order valence-corrected chi connectivity index (χ2v) is 6.64. The molecule has 0 atom stereocenters. The molecule has 2 heterocycles. The third-order valence-electron chi connectivity index (χ3n) is 3.32. The van der Waals surface area contributed by atoms with Crippen molar-refractivity contribution in [2.45, 2.75) is 32.0 Å². The Labute approximate surface area is 121 Å². The van der Waals surface area contributed by atoms with Gasteiger partial charge in [0.1, 0.15) is 5.56 Å². The number of nitrogens with zero attached hydrogens (tertiary/aromatic N) is 2. The molecule has 2 rings (SSSR count). The van der Waals surface area contributed by atoms with Gasteiger partial charge in [-0.2, -0.15) is 0 Å². The van der Waals surface area contributed by atoms with Crippen molar-refractivity contribution in [3.8, 4) is 0 Å². The van der Waals surface area contributed by atoms with Crippen LogP contribution < -0.4 is 10.9 Å². The third-order valence-corrected chi connectivity index (χ3v) is 4.29. The van der Waals surface area contributed by atoms with Gasteiger partial charge in [-0.25, -0.2) is 4.98 Å². The molecule has 0 aromatic carbocycles. The van der Waals surface area contributed by atoms with E-state index in [1.54, 1.807) is 4.57 Å². The van der Waals surface area contributed by atoms with Gasteiger partial charge in [-0.1, -0.05) is 25.6 Å². The Hall–Kier alpha value is -1.34. The molecule has 1 aliphatic heterocycles. The lowest BCUT2D eigenvalue weighted by Crippen LogP contribution is -2.38. The first-order valence-electron chi connectivity index (χ1n) is 6.56. The van der Waals surface area contributed by atoms with E-state index < -0.39 is 5.91 Å². The van der Waals surface area contributed by atoms with E-state index in [2.05, 4.69) is 10.3 Å². The average molecular weight is 297 g/mol. The minimum atomic E-state index is -0.402. The summed E-state index contributed by atoms with van der Waals surface area (Å²) in [7, 11) is 0. The summed E-state index contributed by atoms with van der Waals surface area (Å²) in [6.07, 6.45) is 1.94. The summed E-state index contributed by atoms with van der Waals surface area (Å²) < 4.78 is 1.54. The van der Waals surface area contributed by atoms with E-state index in [-0.39, 0.29) is 23.1 Å². The van der Waals surface area contributed by atoms with Crippen LogP contribution >= 0.6 is 11.8 Å². The first-order valence-corrected chi connectivity index (χ1v) is 7.55. The van der Waals surface area contributed by atoms with Crippen LogP contribution in [0, 0.1) is 5.41 Å². The van der Waals surface area contributed by atoms with Crippen molar-refractivity contribution in [2.75, 3.05) is 18.9 Å². The second kappa shape index (κ2) is 5.97. The minimum absolute atomic E-state index is 0.0726. The minimum Gasteiger partial charge on any atom is -0.396 e. The smallest absolute Gasteiger partial charge is 0.267 e. The molecule has 0 spiro atoms. The van der Waals surface area contributed by atoms with Gasteiger partial charge in [0.15, 0.2) is 5.16 Å². The number of hydrogen-bond donors (Lipinski definition) is 2. The molecule has 0 saturated carbocycles. The van der Waals surface area contributed by atoms with Crippen LogP contribution in [0.1, 0.15) is 30.6 Å². The van der Waals surface area contributed by atoms with Crippen LogP contribution in [0.2, 0.25) is 0 Å². The normalized spacial score (nSPS) is 14.2. The summed E-state index contributed by atoms with van der Waals surface area (Å²) in [5, 5.41) is 12.4. The first-order chi connectivity index (χ1) is 9.44. The Balaban J connectivity index is 2.09.